The predicted molar refractivity (Wildman–Crippen MR) is 50.6 cm³/mol. The molecule has 0 amide bonds. The molecule has 0 heterocycles. The summed E-state index contributed by atoms with van der Waals surface area (Å²) in [6.07, 6.45) is 4.19. The molecule has 0 aromatic carbocycles. The molecule has 0 bridgehead atoms. The second-order valence-corrected chi connectivity index (χ2v) is 4.22. The predicted octanol–water partition coefficient (Wildman–Crippen LogP) is 3.78. The van der Waals surface area contributed by atoms with Crippen LogP contribution in [0.4, 0.5) is 0 Å². The monoisotopic (exact) mass is 152 g/mol. The van der Waals surface area contributed by atoms with Crippen molar-refractivity contribution in [3.63, 3.8) is 0 Å². The molecule has 0 N–H and O–H groups in total. The molecule has 1 fully saturated rings. The van der Waals surface area contributed by atoms with Gasteiger partial charge in [-0.1, -0.05) is 38.8 Å². The van der Waals surface area contributed by atoms with Crippen LogP contribution in [-0.2, 0) is 0 Å². The number of hydrogen-bond acceptors (Lipinski definition) is 0. The van der Waals surface area contributed by atoms with Crippen LogP contribution in [0.1, 0.15) is 47.0 Å². The van der Waals surface area contributed by atoms with Crippen LogP contribution in [0.3, 0.4) is 0 Å². The fourth-order valence-corrected chi connectivity index (χ4v) is 2.13. The van der Waals surface area contributed by atoms with Gasteiger partial charge in [-0.25, -0.2) is 0 Å². The van der Waals surface area contributed by atoms with Crippen molar-refractivity contribution >= 4 is 0 Å². The SMILES string of the molecule is CC(C)C(=C1CCC1)C(C)C. The average molecular weight is 152 g/mol. The van der Waals surface area contributed by atoms with Crippen LogP contribution in [0.2, 0.25) is 0 Å². The van der Waals surface area contributed by atoms with E-state index >= 15 is 0 Å². The third-order valence-electron chi connectivity index (χ3n) is 2.61. The second-order valence-electron chi connectivity index (χ2n) is 4.22. The lowest BCUT2D eigenvalue weighted by Crippen LogP contribution is -2.11. The van der Waals surface area contributed by atoms with Gasteiger partial charge in [-0.3, -0.25) is 0 Å². The Labute approximate surface area is 70.7 Å². The molecule has 11 heavy (non-hydrogen) atoms. The topological polar surface area (TPSA) is 0 Å². The second kappa shape index (κ2) is 3.42. The van der Waals surface area contributed by atoms with Crippen molar-refractivity contribution in [1.29, 1.82) is 0 Å². The van der Waals surface area contributed by atoms with E-state index in [0.29, 0.717) is 0 Å². The number of hydrogen-bond donors (Lipinski definition) is 0. The highest BCUT2D eigenvalue weighted by atomic mass is 14.2. The van der Waals surface area contributed by atoms with Crippen molar-refractivity contribution in [2.24, 2.45) is 11.8 Å². The van der Waals surface area contributed by atoms with E-state index in [1.165, 1.54) is 19.3 Å². The minimum Gasteiger partial charge on any atom is -0.0705 e. The van der Waals surface area contributed by atoms with Crippen LogP contribution in [0.15, 0.2) is 11.1 Å². The fourth-order valence-electron chi connectivity index (χ4n) is 2.13. The van der Waals surface area contributed by atoms with Gasteiger partial charge in [-0.2, -0.15) is 0 Å². The van der Waals surface area contributed by atoms with Crippen LogP contribution in [0.5, 0.6) is 0 Å². The highest BCUT2D eigenvalue weighted by molar-refractivity contribution is 5.22. The smallest absolute Gasteiger partial charge is 0.0255 e. The summed E-state index contributed by atoms with van der Waals surface area (Å²) >= 11 is 0. The van der Waals surface area contributed by atoms with Gasteiger partial charge in [-0.05, 0) is 31.1 Å². The molecule has 1 saturated carbocycles. The van der Waals surface area contributed by atoms with E-state index in [0.717, 1.165) is 11.8 Å². The van der Waals surface area contributed by atoms with E-state index < -0.39 is 0 Å². The molecule has 0 aromatic rings. The van der Waals surface area contributed by atoms with Gasteiger partial charge in [0, 0.05) is 0 Å². The Balaban J connectivity index is 2.73. The third-order valence-corrected chi connectivity index (χ3v) is 2.61. The maximum Gasteiger partial charge on any atom is -0.0255 e. The van der Waals surface area contributed by atoms with Gasteiger partial charge in [0.1, 0.15) is 0 Å². The first kappa shape index (κ1) is 8.83. The zero-order valence-corrected chi connectivity index (χ0v) is 8.28. The quantitative estimate of drug-likeness (QED) is 0.528. The first-order valence-corrected chi connectivity index (χ1v) is 4.84. The molecular formula is C11H20. The molecule has 0 unspecified atom stereocenters. The van der Waals surface area contributed by atoms with E-state index in [9.17, 15) is 0 Å². The molecule has 0 spiro atoms. The standard InChI is InChI=1S/C11H20/c1-8(2)11(9(3)4)10-6-5-7-10/h8-9H,5-7H2,1-4H3. The molecule has 1 rings (SSSR count). The fraction of sp³-hybridized carbons (Fsp3) is 0.818. The molecule has 1 aliphatic rings. The summed E-state index contributed by atoms with van der Waals surface area (Å²) in [4.78, 5) is 0. The molecule has 0 saturated heterocycles. The summed E-state index contributed by atoms with van der Waals surface area (Å²) in [5.74, 6) is 1.54. The maximum atomic E-state index is 2.32. The van der Waals surface area contributed by atoms with Crippen LogP contribution in [0, 0.1) is 11.8 Å². The summed E-state index contributed by atoms with van der Waals surface area (Å²) < 4.78 is 0. The molecule has 64 valence electrons. The van der Waals surface area contributed by atoms with Crippen molar-refractivity contribution in [2.45, 2.75) is 47.0 Å². The zero-order valence-electron chi connectivity index (χ0n) is 8.28. The van der Waals surface area contributed by atoms with Crippen molar-refractivity contribution < 1.29 is 0 Å². The lowest BCUT2D eigenvalue weighted by atomic mass is 9.79. The van der Waals surface area contributed by atoms with E-state index in [4.69, 9.17) is 0 Å². The minimum atomic E-state index is 0.769. The average Bonchev–Trinajstić information content (AvgIpc) is 1.75. The minimum absolute atomic E-state index is 0.769. The van der Waals surface area contributed by atoms with Gasteiger partial charge in [-0.15, -0.1) is 0 Å². The third kappa shape index (κ3) is 1.85. The Hall–Kier alpha value is -0.260. The molecule has 0 aliphatic heterocycles. The summed E-state index contributed by atoms with van der Waals surface area (Å²) in [5.41, 5.74) is 3.49. The van der Waals surface area contributed by atoms with Crippen molar-refractivity contribution in [1.82, 2.24) is 0 Å². The Morgan fingerprint density at radius 3 is 1.55 bits per heavy atom. The van der Waals surface area contributed by atoms with Gasteiger partial charge in [0.05, 0.1) is 0 Å². The van der Waals surface area contributed by atoms with E-state index in [2.05, 4.69) is 27.7 Å². The Morgan fingerprint density at radius 2 is 1.45 bits per heavy atom. The summed E-state index contributed by atoms with van der Waals surface area (Å²) in [5, 5.41) is 0. The zero-order chi connectivity index (χ0) is 8.43. The highest BCUT2D eigenvalue weighted by Crippen LogP contribution is 2.35. The molecular weight excluding hydrogens is 132 g/mol. The largest absolute Gasteiger partial charge is 0.0705 e. The Morgan fingerprint density at radius 1 is 1.00 bits per heavy atom. The Kier molecular flexibility index (Phi) is 2.75. The molecule has 0 nitrogen and oxygen atoms in total. The molecule has 0 radical (unpaired) electrons. The molecule has 0 atom stereocenters. The first-order valence-electron chi connectivity index (χ1n) is 4.84. The summed E-state index contributed by atoms with van der Waals surface area (Å²) in [6, 6.07) is 0. The van der Waals surface area contributed by atoms with Crippen LogP contribution >= 0.6 is 0 Å². The summed E-state index contributed by atoms with van der Waals surface area (Å²) in [7, 11) is 0. The van der Waals surface area contributed by atoms with E-state index in [1.54, 1.807) is 11.1 Å². The Bertz CT molecular complexity index is 145. The lowest BCUT2D eigenvalue weighted by molar-refractivity contribution is 0.553. The lowest BCUT2D eigenvalue weighted by Gasteiger charge is -2.27. The van der Waals surface area contributed by atoms with Gasteiger partial charge >= 0.3 is 0 Å². The van der Waals surface area contributed by atoms with Crippen LogP contribution < -0.4 is 0 Å². The van der Waals surface area contributed by atoms with Gasteiger partial charge in [0.15, 0.2) is 0 Å². The molecule has 0 heteroatoms. The normalized spacial score (nSPS) is 17.5. The van der Waals surface area contributed by atoms with Crippen LogP contribution in [0.25, 0.3) is 0 Å². The van der Waals surface area contributed by atoms with Crippen molar-refractivity contribution in [3.8, 4) is 0 Å². The van der Waals surface area contributed by atoms with Crippen LogP contribution in [-0.4, -0.2) is 0 Å². The van der Waals surface area contributed by atoms with Gasteiger partial charge < -0.3 is 0 Å². The van der Waals surface area contributed by atoms with Gasteiger partial charge in [0.25, 0.3) is 0 Å². The number of allylic oxidation sites excluding steroid dienone is 2. The molecule has 0 aromatic heterocycles. The van der Waals surface area contributed by atoms with E-state index in [-0.39, 0.29) is 0 Å². The number of rotatable bonds is 2. The first-order chi connectivity index (χ1) is 5.13. The van der Waals surface area contributed by atoms with E-state index in [1.807, 2.05) is 0 Å². The maximum absolute atomic E-state index is 2.32. The van der Waals surface area contributed by atoms with Crippen molar-refractivity contribution in [2.75, 3.05) is 0 Å². The molecule has 1 aliphatic carbocycles. The highest BCUT2D eigenvalue weighted by Gasteiger charge is 2.18. The van der Waals surface area contributed by atoms with Crippen molar-refractivity contribution in [3.05, 3.63) is 11.1 Å². The summed E-state index contributed by atoms with van der Waals surface area (Å²) in [6.45, 7) is 9.28. The van der Waals surface area contributed by atoms with Gasteiger partial charge in [0.2, 0.25) is 0 Å².